The van der Waals surface area contributed by atoms with E-state index in [1.165, 1.54) is 11.9 Å². The van der Waals surface area contributed by atoms with Crippen LogP contribution in [-0.2, 0) is 6.54 Å². The average molecular weight is 276 g/mol. The largest absolute Gasteiger partial charge is 0.409 e. The predicted molar refractivity (Wildman–Crippen MR) is 63.5 cm³/mol. The minimum absolute atomic E-state index is 0.313. The van der Waals surface area contributed by atoms with Gasteiger partial charge in [0.05, 0.1) is 0 Å². The summed E-state index contributed by atoms with van der Waals surface area (Å²) in [6, 6.07) is 3.42. The van der Waals surface area contributed by atoms with Crippen molar-refractivity contribution >= 4 is 5.84 Å². The third-order valence-electron chi connectivity index (χ3n) is 2.56. The molecule has 0 bridgehead atoms. The van der Waals surface area contributed by atoms with Gasteiger partial charge in [0.1, 0.15) is 5.92 Å². The Labute approximate surface area is 108 Å². The molecule has 19 heavy (non-hydrogen) atoms. The highest BCUT2D eigenvalue weighted by molar-refractivity contribution is 5.83. The number of hydrogen-bond donors (Lipinski definition) is 2. The predicted octanol–water partition coefficient (Wildman–Crippen LogP) is 1.44. The standard InChI is InChI=1S/C11H15F3N4O/c1-18(6-8-2-4-16-5-3-8)7-9(10(15)17-19)11(12,13)14/h2-5,9,19H,6-7H2,1H3,(H2,15,17). The number of oxime groups is 1. The summed E-state index contributed by atoms with van der Waals surface area (Å²) in [5, 5.41) is 10.9. The monoisotopic (exact) mass is 276 g/mol. The second-order valence-corrected chi connectivity index (χ2v) is 4.17. The zero-order valence-corrected chi connectivity index (χ0v) is 10.3. The number of rotatable bonds is 5. The number of alkyl halides is 3. The summed E-state index contributed by atoms with van der Waals surface area (Å²) >= 11 is 0. The fourth-order valence-corrected chi connectivity index (χ4v) is 1.61. The first-order chi connectivity index (χ1) is 8.84. The number of pyridine rings is 1. The van der Waals surface area contributed by atoms with Crippen LogP contribution in [0.4, 0.5) is 13.2 Å². The number of amidine groups is 1. The van der Waals surface area contributed by atoms with Crippen molar-refractivity contribution in [2.45, 2.75) is 12.7 Å². The maximum atomic E-state index is 12.7. The number of aromatic nitrogens is 1. The van der Waals surface area contributed by atoms with Crippen molar-refractivity contribution in [2.24, 2.45) is 16.8 Å². The van der Waals surface area contributed by atoms with Gasteiger partial charge in [-0.1, -0.05) is 5.16 Å². The molecule has 0 saturated heterocycles. The highest BCUT2D eigenvalue weighted by Gasteiger charge is 2.43. The summed E-state index contributed by atoms with van der Waals surface area (Å²) in [6.45, 7) is -0.0739. The molecule has 0 aliphatic carbocycles. The summed E-state index contributed by atoms with van der Waals surface area (Å²) in [4.78, 5) is 5.27. The van der Waals surface area contributed by atoms with E-state index in [4.69, 9.17) is 10.9 Å². The summed E-state index contributed by atoms with van der Waals surface area (Å²) in [5.74, 6) is -2.83. The molecule has 0 amide bonds. The van der Waals surface area contributed by atoms with E-state index >= 15 is 0 Å². The van der Waals surface area contributed by atoms with Gasteiger partial charge in [-0.2, -0.15) is 13.2 Å². The second kappa shape index (κ2) is 6.37. The summed E-state index contributed by atoms with van der Waals surface area (Å²) in [6.07, 6.45) is -1.43. The minimum Gasteiger partial charge on any atom is -0.409 e. The van der Waals surface area contributed by atoms with Crippen LogP contribution in [0.3, 0.4) is 0 Å². The van der Waals surface area contributed by atoms with Gasteiger partial charge in [-0.15, -0.1) is 0 Å². The van der Waals surface area contributed by atoms with E-state index in [1.54, 1.807) is 24.5 Å². The molecular formula is C11H15F3N4O. The Balaban J connectivity index is 2.70. The van der Waals surface area contributed by atoms with Gasteiger partial charge in [0.25, 0.3) is 0 Å². The van der Waals surface area contributed by atoms with E-state index in [0.717, 1.165) is 5.56 Å². The minimum atomic E-state index is -4.55. The van der Waals surface area contributed by atoms with Crippen LogP contribution in [0.2, 0.25) is 0 Å². The van der Waals surface area contributed by atoms with Gasteiger partial charge in [0.15, 0.2) is 5.84 Å². The van der Waals surface area contributed by atoms with Gasteiger partial charge in [-0.25, -0.2) is 0 Å². The zero-order valence-electron chi connectivity index (χ0n) is 10.3. The Morgan fingerprint density at radius 3 is 2.53 bits per heavy atom. The summed E-state index contributed by atoms with van der Waals surface area (Å²) in [5.41, 5.74) is 5.92. The molecule has 3 N–H and O–H groups in total. The highest BCUT2D eigenvalue weighted by atomic mass is 19.4. The van der Waals surface area contributed by atoms with Gasteiger partial charge in [0.2, 0.25) is 0 Å². The van der Waals surface area contributed by atoms with Crippen LogP contribution < -0.4 is 5.73 Å². The van der Waals surface area contributed by atoms with E-state index in [9.17, 15) is 13.2 Å². The lowest BCUT2D eigenvalue weighted by atomic mass is 10.1. The molecule has 0 aliphatic heterocycles. The Hall–Kier alpha value is -1.83. The third kappa shape index (κ3) is 4.74. The molecule has 1 aromatic rings. The van der Waals surface area contributed by atoms with E-state index in [-0.39, 0.29) is 6.54 Å². The Morgan fingerprint density at radius 1 is 1.47 bits per heavy atom. The van der Waals surface area contributed by atoms with Gasteiger partial charge in [0, 0.05) is 25.5 Å². The molecule has 1 heterocycles. The first kappa shape index (κ1) is 15.2. The number of hydrogen-bond acceptors (Lipinski definition) is 4. The fourth-order valence-electron chi connectivity index (χ4n) is 1.61. The molecule has 1 aromatic heterocycles. The van der Waals surface area contributed by atoms with Gasteiger partial charge in [-0.05, 0) is 24.7 Å². The molecular weight excluding hydrogens is 261 g/mol. The SMILES string of the molecule is CN(Cc1ccncc1)CC(/C(N)=N/O)C(F)(F)F. The van der Waals surface area contributed by atoms with E-state index < -0.39 is 17.9 Å². The lowest BCUT2D eigenvalue weighted by molar-refractivity contribution is -0.159. The van der Waals surface area contributed by atoms with Crippen molar-refractivity contribution in [1.82, 2.24) is 9.88 Å². The molecule has 0 radical (unpaired) electrons. The second-order valence-electron chi connectivity index (χ2n) is 4.17. The normalized spacial score (nSPS) is 14.7. The molecule has 0 spiro atoms. The average Bonchev–Trinajstić information content (AvgIpc) is 2.35. The van der Waals surface area contributed by atoms with Crippen LogP contribution in [0.25, 0.3) is 0 Å². The summed E-state index contributed by atoms with van der Waals surface area (Å²) in [7, 11) is 1.53. The summed E-state index contributed by atoms with van der Waals surface area (Å²) < 4.78 is 38.2. The third-order valence-corrected chi connectivity index (χ3v) is 2.56. The molecule has 0 fully saturated rings. The topological polar surface area (TPSA) is 74.7 Å². The number of nitrogens with two attached hydrogens (primary N) is 1. The van der Waals surface area contributed by atoms with Crippen molar-refractivity contribution in [3.8, 4) is 0 Å². The van der Waals surface area contributed by atoms with Crippen molar-refractivity contribution < 1.29 is 18.4 Å². The lowest BCUT2D eigenvalue weighted by Crippen LogP contribution is -2.43. The van der Waals surface area contributed by atoms with Crippen LogP contribution in [-0.4, -0.2) is 40.7 Å². The molecule has 0 saturated carbocycles. The smallest absolute Gasteiger partial charge is 0.400 e. The molecule has 106 valence electrons. The Bertz CT molecular complexity index is 422. The van der Waals surface area contributed by atoms with Gasteiger partial charge >= 0.3 is 6.18 Å². The molecule has 0 aliphatic rings. The Morgan fingerprint density at radius 2 is 2.05 bits per heavy atom. The molecule has 5 nitrogen and oxygen atoms in total. The molecule has 1 atom stereocenters. The molecule has 0 aromatic carbocycles. The van der Waals surface area contributed by atoms with E-state index in [0.29, 0.717) is 6.54 Å². The maximum absolute atomic E-state index is 12.7. The number of halogens is 3. The van der Waals surface area contributed by atoms with Crippen molar-refractivity contribution in [1.29, 1.82) is 0 Å². The lowest BCUT2D eigenvalue weighted by Gasteiger charge is -2.25. The quantitative estimate of drug-likeness (QED) is 0.369. The first-order valence-electron chi connectivity index (χ1n) is 5.46. The van der Waals surface area contributed by atoms with Gasteiger partial charge in [-0.3, -0.25) is 4.98 Å². The molecule has 8 heteroatoms. The van der Waals surface area contributed by atoms with E-state index in [2.05, 4.69) is 10.1 Å². The van der Waals surface area contributed by atoms with Crippen LogP contribution in [0, 0.1) is 5.92 Å². The van der Waals surface area contributed by atoms with Crippen molar-refractivity contribution in [3.05, 3.63) is 30.1 Å². The number of nitrogens with zero attached hydrogens (tertiary/aromatic N) is 3. The van der Waals surface area contributed by atoms with Crippen LogP contribution >= 0.6 is 0 Å². The van der Waals surface area contributed by atoms with Crippen molar-refractivity contribution in [3.63, 3.8) is 0 Å². The van der Waals surface area contributed by atoms with E-state index in [1.807, 2.05) is 0 Å². The van der Waals surface area contributed by atoms with Crippen molar-refractivity contribution in [2.75, 3.05) is 13.6 Å². The zero-order chi connectivity index (χ0) is 14.5. The van der Waals surface area contributed by atoms with Gasteiger partial charge < -0.3 is 15.8 Å². The maximum Gasteiger partial charge on any atom is 0.400 e. The van der Waals surface area contributed by atoms with Crippen LogP contribution in [0.15, 0.2) is 29.7 Å². The van der Waals surface area contributed by atoms with Crippen LogP contribution in [0.5, 0.6) is 0 Å². The van der Waals surface area contributed by atoms with Crippen LogP contribution in [0.1, 0.15) is 5.56 Å². The molecule has 1 rings (SSSR count). The first-order valence-corrected chi connectivity index (χ1v) is 5.46. The molecule has 1 unspecified atom stereocenters. The Kier molecular flexibility index (Phi) is 5.11. The highest BCUT2D eigenvalue weighted by Crippen LogP contribution is 2.27. The fraction of sp³-hybridized carbons (Fsp3) is 0.455.